The van der Waals surface area contributed by atoms with Crippen LogP contribution >= 0.6 is 0 Å². The molecular formula is C19H15N5. The number of hydrogen-bond donors (Lipinski definition) is 2. The minimum absolute atomic E-state index is 0.155. The van der Waals surface area contributed by atoms with E-state index >= 15 is 0 Å². The first-order valence-electron chi connectivity index (χ1n) is 7.60. The molecule has 0 spiro atoms. The fraction of sp³-hybridized carbons (Fsp3) is 0. The molecule has 0 aliphatic carbocycles. The van der Waals surface area contributed by atoms with E-state index < -0.39 is 0 Å². The Bertz CT molecular complexity index is 1040. The molecule has 24 heavy (non-hydrogen) atoms. The van der Waals surface area contributed by atoms with Crippen molar-refractivity contribution in [1.82, 2.24) is 9.97 Å². The largest absolute Gasteiger partial charge is 0.368 e. The maximum absolute atomic E-state index is 5.88. The number of para-hydroxylation sites is 2. The summed E-state index contributed by atoms with van der Waals surface area (Å²) in [5.41, 5.74) is 8.62. The molecule has 4 rings (SSSR count). The predicted octanol–water partition coefficient (Wildman–Crippen LogP) is 3.78. The Hall–Kier alpha value is -3.47. The third kappa shape index (κ3) is 2.87. The van der Waals surface area contributed by atoms with E-state index in [-0.39, 0.29) is 5.96 Å². The van der Waals surface area contributed by atoms with Gasteiger partial charge < -0.3 is 10.7 Å². The normalized spacial score (nSPS) is 12.4. The first-order chi connectivity index (χ1) is 11.8. The van der Waals surface area contributed by atoms with Crippen LogP contribution < -0.4 is 5.73 Å². The monoisotopic (exact) mass is 313 g/mol. The Labute approximate surface area is 138 Å². The number of H-pyrrole nitrogens is 1. The molecule has 3 aromatic carbocycles. The molecule has 0 saturated heterocycles. The molecule has 0 unspecified atom stereocenters. The average molecular weight is 313 g/mol. The second-order valence-electron chi connectivity index (χ2n) is 5.41. The van der Waals surface area contributed by atoms with Gasteiger partial charge in [-0.15, -0.1) is 0 Å². The zero-order valence-corrected chi connectivity index (χ0v) is 12.8. The van der Waals surface area contributed by atoms with Gasteiger partial charge in [0.2, 0.25) is 11.9 Å². The van der Waals surface area contributed by atoms with Gasteiger partial charge in [0.25, 0.3) is 0 Å². The minimum atomic E-state index is 0.155. The van der Waals surface area contributed by atoms with Crippen LogP contribution in [0.15, 0.2) is 76.7 Å². The number of benzene rings is 3. The summed E-state index contributed by atoms with van der Waals surface area (Å²) < 4.78 is 0. The van der Waals surface area contributed by atoms with E-state index in [0.717, 1.165) is 22.0 Å². The van der Waals surface area contributed by atoms with Gasteiger partial charge in [-0.25, -0.2) is 9.98 Å². The van der Waals surface area contributed by atoms with Gasteiger partial charge in [-0.1, -0.05) is 48.5 Å². The first kappa shape index (κ1) is 14.1. The van der Waals surface area contributed by atoms with Crippen LogP contribution in [0, 0.1) is 0 Å². The summed E-state index contributed by atoms with van der Waals surface area (Å²) in [6, 6.07) is 22.0. The van der Waals surface area contributed by atoms with Gasteiger partial charge in [0.1, 0.15) is 0 Å². The van der Waals surface area contributed by atoms with Crippen LogP contribution in [-0.2, 0) is 0 Å². The van der Waals surface area contributed by atoms with E-state index in [4.69, 9.17) is 5.73 Å². The Kier molecular flexibility index (Phi) is 3.51. The molecule has 4 aromatic rings. The van der Waals surface area contributed by atoms with E-state index in [1.807, 2.05) is 42.5 Å². The van der Waals surface area contributed by atoms with Crippen LogP contribution in [0.1, 0.15) is 5.56 Å². The van der Waals surface area contributed by atoms with Gasteiger partial charge in [-0.2, -0.15) is 4.99 Å². The molecule has 0 radical (unpaired) electrons. The number of aromatic amines is 1. The number of fused-ring (bicyclic) bond motifs is 2. The van der Waals surface area contributed by atoms with Gasteiger partial charge in [0, 0.05) is 6.21 Å². The standard InChI is InChI=1S/C19H15N5/c20-18(24-19-22-16-7-3-4-8-17(16)23-19)21-12-13-9-10-14-5-1-2-6-15(14)11-13/h1-12H,(H3,20,22,23,24). The van der Waals surface area contributed by atoms with E-state index in [2.05, 4.69) is 44.2 Å². The quantitative estimate of drug-likeness (QED) is 0.436. The SMILES string of the molecule is NC(N=Cc1ccc2ccccc2c1)=Nc1nc2ccccc2[nH]1. The highest BCUT2D eigenvalue weighted by Gasteiger charge is 2.00. The van der Waals surface area contributed by atoms with Gasteiger partial charge in [0.15, 0.2) is 0 Å². The van der Waals surface area contributed by atoms with Crippen LogP contribution in [0.3, 0.4) is 0 Å². The number of nitrogens with zero attached hydrogens (tertiary/aromatic N) is 3. The first-order valence-corrected chi connectivity index (χ1v) is 7.60. The van der Waals surface area contributed by atoms with Crippen molar-refractivity contribution >= 4 is 39.9 Å². The van der Waals surface area contributed by atoms with Crippen molar-refractivity contribution in [3.05, 3.63) is 72.3 Å². The number of nitrogens with two attached hydrogens (primary N) is 1. The van der Waals surface area contributed by atoms with Gasteiger partial charge >= 0.3 is 0 Å². The third-order valence-corrected chi connectivity index (χ3v) is 3.72. The summed E-state index contributed by atoms with van der Waals surface area (Å²) in [7, 11) is 0. The highest BCUT2D eigenvalue weighted by Crippen LogP contribution is 2.16. The average Bonchev–Trinajstić information content (AvgIpc) is 3.02. The minimum Gasteiger partial charge on any atom is -0.368 e. The molecule has 5 heteroatoms. The number of hydrogen-bond acceptors (Lipinski definition) is 2. The number of rotatable bonds is 2. The lowest BCUT2D eigenvalue weighted by atomic mass is 10.1. The summed E-state index contributed by atoms with van der Waals surface area (Å²) in [4.78, 5) is 15.9. The van der Waals surface area contributed by atoms with Gasteiger partial charge in [-0.3, -0.25) is 0 Å². The number of nitrogens with one attached hydrogen (secondary N) is 1. The fourth-order valence-corrected chi connectivity index (χ4v) is 2.56. The van der Waals surface area contributed by atoms with Crippen molar-refractivity contribution in [3.8, 4) is 0 Å². The molecule has 0 saturated carbocycles. The van der Waals surface area contributed by atoms with E-state index in [1.54, 1.807) is 6.21 Å². The summed E-state index contributed by atoms with van der Waals surface area (Å²) in [6.45, 7) is 0. The van der Waals surface area contributed by atoms with E-state index in [1.165, 1.54) is 5.39 Å². The molecule has 116 valence electrons. The second kappa shape index (κ2) is 5.96. The molecule has 3 N–H and O–H groups in total. The summed E-state index contributed by atoms with van der Waals surface area (Å²) >= 11 is 0. The predicted molar refractivity (Wildman–Crippen MR) is 98.9 cm³/mol. The maximum Gasteiger partial charge on any atom is 0.231 e. The summed E-state index contributed by atoms with van der Waals surface area (Å²) in [5.74, 6) is 0.603. The molecule has 0 fully saturated rings. The van der Waals surface area contributed by atoms with Crippen molar-refractivity contribution in [2.24, 2.45) is 15.7 Å². The Morgan fingerprint density at radius 2 is 1.75 bits per heavy atom. The summed E-state index contributed by atoms with van der Waals surface area (Å²) in [6.07, 6.45) is 1.70. The highest BCUT2D eigenvalue weighted by molar-refractivity contribution is 5.96. The van der Waals surface area contributed by atoms with Gasteiger partial charge in [0.05, 0.1) is 11.0 Å². The van der Waals surface area contributed by atoms with Crippen LogP contribution in [0.25, 0.3) is 21.8 Å². The van der Waals surface area contributed by atoms with Crippen LogP contribution in [0.2, 0.25) is 0 Å². The number of aromatic nitrogens is 2. The molecule has 0 atom stereocenters. The lowest BCUT2D eigenvalue weighted by Gasteiger charge is -1.98. The Morgan fingerprint density at radius 1 is 0.958 bits per heavy atom. The number of imidazole rings is 1. The zero-order chi connectivity index (χ0) is 16.4. The topological polar surface area (TPSA) is 79.4 Å². The van der Waals surface area contributed by atoms with Crippen LogP contribution in [0.5, 0.6) is 0 Å². The Balaban J connectivity index is 1.59. The van der Waals surface area contributed by atoms with Crippen LogP contribution in [0.4, 0.5) is 5.95 Å². The zero-order valence-electron chi connectivity index (χ0n) is 12.8. The lowest BCUT2D eigenvalue weighted by Crippen LogP contribution is -2.08. The van der Waals surface area contributed by atoms with Crippen molar-refractivity contribution in [2.75, 3.05) is 0 Å². The molecule has 0 aliphatic heterocycles. The molecule has 5 nitrogen and oxygen atoms in total. The van der Waals surface area contributed by atoms with Crippen molar-refractivity contribution < 1.29 is 0 Å². The van der Waals surface area contributed by atoms with Crippen molar-refractivity contribution in [2.45, 2.75) is 0 Å². The van der Waals surface area contributed by atoms with E-state index in [0.29, 0.717) is 5.95 Å². The molecule has 0 bridgehead atoms. The molecule has 0 amide bonds. The maximum atomic E-state index is 5.88. The summed E-state index contributed by atoms with van der Waals surface area (Å²) in [5, 5.41) is 2.35. The van der Waals surface area contributed by atoms with Crippen molar-refractivity contribution in [1.29, 1.82) is 0 Å². The van der Waals surface area contributed by atoms with E-state index in [9.17, 15) is 0 Å². The van der Waals surface area contributed by atoms with Crippen LogP contribution in [-0.4, -0.2) is 22.1 Å². The Morgan fingerprint density at radius 3 is 2.62 bits per heavy atom. The number of guanidine groups is 1. The number of aliphatic imine (C=N–C) groups is 2. The lowest BCUT2D eigenvalue weighted by molar-refractivity contribution is 1.24. The third-order valence-electron chi connectivity index (χ3n) is 3.72. The highest BCUT2D eigenvalue weighted by atomic mass is 15.1. The molecular weight excluding hydrogens is 298 g/mol. The molecule has 1 heterocycles. The second-order valence-corrected chi connectivity index (χ2v) is 5.41. The molecule has 1 aromatic heterocycles. The van der Waals surface area contributed by atoms with Gasteiger partial charge in [-0.05, 0) is 34.5 Å². The van der Waals surface area contributed by atoms with Crippen molar-refractivity contribution in [3.63, 3.8) is 0 Å². The fourth-order valence-electron chi connectivity index (χ4n) is 2.56. The molecule has 0 aliphatic rings. The smallest absolute Gasteiger partial charge is 0.231 e.